The van der Waals surface area contributed by atoms with E-state index in [2.05, 4.69) is 11.1 Å². The molecule has 0 aliphatic carbocycles. The van der Waals surface area contributed by atoms with Crippen LogP contribution in [0.1, 0.15) is 24.1 Å². The van der Waals surface area contributed by atoms with Gasteiger partial charge in [-0.2, -0.15) is 5.26 Å². The number of ether oxygens (including phenoxy) is 1. The van der Waals surface area contributed by atoms with Crippen molar-refractivity contribution in [3.05, 3.63) is 58.9 Å². The smallest absolute Gasteiger partial charge is 0.171 e. The Balaban J connectivity index is 2.35. The molecule has 19 heavy (non-hydrogen) atoms. The zero-order valence-electron chi connectivity index (χ0n) is 10.5. The highest BCUT2D eigenvalue weighted by molar-refractivity contribution is 6.30. The lowest BCUT2D eigenvalue weighted by Crippen LogP contribution is -2.02. The van der Waals surface area contributed by atoms with Gasteiger partial charge in [0.05, 0.1) is 18.4 Å². The number of hydrogen-bond acceptors (Lipinski definition) is 3. The van der Waals surface area contributed by atoms with E-state index in [1.54, 1.807) is 12.1 Å². The van der Waals surface area contributed by atoms with Gasteiger partial charge < -0.3 is 4.74 Å². The van der Waals surface area contributed by atoms with Crippen molar-refractivity contribution in [1.82, 2.24) is 4.98 Å². The minimum absolute atomic E-state index is 0.288. The summed E-state index contributed by atoms with van der Waals surface area (Å²) in [6, 6.07) is 15.3. The largest absolute Gasteiger partial charge is 0.491 e. The third-order valence-corrected chi connectivity index (χ3v) is 2.96. The van der Waals surface area contributed by atoms with Crippen LogP contribution in [-0.4, -0.2) is 11.6 Å². The predicted molar refractivity (Wildman–Crippen MR) is 74.3 cm³/mol. The van der Waals surface area contributed by atoms with Gasteiger partial charge in [-0.25, -0.2) is 4.98 Å². The molecule has 0 spiro atoms. The summed E-state index contributed by atoms with van der Waals surface area (Å²) in [5.41, 5.74) is 1.53. The van der Waals surface area contributed by atoms with Crippen molar-refractivity contribution in [3.63, 3.8) is 0 Å². The van der Waals surface area contributed by atoms with Crippen LogP contribution >= 0.6 is 11.6 Å². The maximum Gasteiger partial charge on any atom is 0.171 e. The summed E-state index contributed by atoms with van der Waals surface area (Å²) in [4.78, 5) is 4.26. The van der Waals surface area contributed by atoms with Crippen LogP contribution in [0, 0.1) is 11.3 Å². The van der Waals surface area contributed by atoms with Crippen LogP contribution in [0.25, 0.3) is 0 Å². The molecule has 0 saturated heterocycles. The average molecular weight is 273 g/mol. The standard InChI is InChI=1S/C15H13ClN2O/c1-2-19-14-9-8-13(18-15(14)16)12(10-17)11-6-4-3-5-7-11/h3-9,12H,2H2,1H3. The van der Waals surface area contributed by atoms with E-state index in [4.69, 9.17) is 16.3 Å². The first-order chi connectivity index (χ1) is 9.26. The summed E-state index contributed by atoms with van der Waals surface area (Å²) in [6.45, 7) is 2.41. The number of nitriles is 1. The molecule has 0 amide bonds. The number of rotatable bonds is 4. The third kappa shape index (κ3) is 3.04. The van der Waals surface area contributed by atoms with Gasteiger partial charge in [0.25, 0.3) is 0 Å². The molecular weight excluding hydrogens is 260 g/mol. The summed E-state index contributed by atoms with van der Waals surface area (Å²) in [5, 5.41) is 9.62. The van der Waals surface area contributed by atoms with Gasteiger partial charge in [0, 0.05) is 0 Å². The van der Waals surface area contributed by atoms with Crippen molar-refractivity contribution in [3.8, 4) is 11.8 Å². The van der Waals surface area contributed by atoms with Gasteiger partial charge in [0.1, 0.15) is 5.92 Å². The van der Waals surface area contributed by atoms with Gasteiger partial charge >= 0.3 is 0 Å². The van der Waals surface area contributed by atoms with E-state index in [1.807, 2.05) is 37.3 Å². The molecule has 4 heteroatoms. The van der Waals surface area contributed by atoms with E-state index in [9.17, 15) is 5.26 Å². The molecule has 2 aromatic rings. The lowest BCUT2D eigenvalue weighted by molar-refractivity contribution is 0.339. The number of aromatic nitrogens is 1. The molecule has 0 aliphatic heterocycles. The molecule has 1 aromatic carbocycles. The monoisotopic (exact) mass is 272 g/mol. The molecule has 1 aromatic heterocycles. The zero-order valence-corrected chi connectivity index (χ0v) is 11.3. The highest BCUT2D eigenvalue weighted by Crippen LogP contribution is 2.28. The lowest BCUT2D eigenvalue weighted by atomic mass is 9.97. The van der Waals surface area contributed by atoms with Crippen LogP contribution < -0.4 is 4.74 Å². The van der Waals surface area contributed by atoms with Crippen LogP contribution in [0.3, 0.4) is 0 Å². The Morgan fingerprint density at radius 3 is 2.58 bits per heavy atom. The van der Waals surface area contributed by atoms with Crippen molar-refractivity contribution in [1.29, 1.82) is 5.26 Å². The number of nitrogens with zero attached hydrogens (tertiary/aromatic N) is 2. The first kappa shape index (κ1) is 13.4. The fourth-order valence-corrected chi connectivity index (χ4v) is 2.03. The highest BCUT2D eigenvalue weighted by Gasteiger charge is 2.16. The number of pyridine rings is 1. The Bertz CT molecular complexity index is 593. The van der Waals surface area contributed by atoms with E-state index in [1.165, 1.54) is 0 Å². The first-order valence-electron chi connectivity index (χ1n) is 6.00. The zero-order chi connectivity index (χ0) is 13.7. The molecule has 3 nitrogen and oxygen atoms in total. The maximum atomic E-state index is 9.33. The van der Waals surface area contributed by atoms with E-state index in [-0.39, 0.29) is 5.15 Å². The van der Waals surface area contributed by atoms with Gasteiger partial charge in [0.2, 0.25) is 0 Å². The van der Waals surface area contributed by atoms with Crippen LogP contribution in [0.4, 0.5) is 0 Å². The Morgan fingerprint density at radius 1 is 1.26 bits per heavy atom. The van der Waals surface area contributed by atoms with Crippen LogP contribution in [0.15, 0.2) is 42.5 Å². The summed E-state index contributed by atoms with van der Waals surface area (Å²) in [6.07, 6.45) is 0. The molecular formula is C15H13ClN2O. The molecule has 1 unspecified atom stereocenters. The highest BCUT2D eigenvalue weighted by atomic mass is 35.5. The summed E-state index contributed by atoms with van der Waals surface area (Å²) in [7, 11) is 0. The minimum atomic E-state index is -0.422. The number of benzene rings is 1. The molecule has 0 fully saturated rings. The third-order valence-electron chi connectivity index (χ3n) is 2.69. The lowest BCUT2D eigenvalue weighted by Gasteiger charge is -2.11. The van der Waals surface area contributed by atoms with Gasteiger partial charge in [-0.3, -0.25) is 0 Å². The van der Waals surface area contributed by atoms with Crippen LogP contribution in [0.5, 0.6) is 5.75 Å². The van der Waals surface area contributed by atoms with Crippen molar-refractivity contribution < 1.29 is 4.74 Å². The van der Waals surface area contributed by atoms with Gasteiger partial charge in [-0.15, -0.1) is 0 Å². The molecule has 96 valence electrons. The predicted octanol–water partition coefficient (Wildman–Crippen LogP) is 3.79. The van der Waals surface area contributed by atoms with E-state index in [0.29, 0.717) is 18.1 Å². The number of hydrogen-bond donors (Lipinski definition) is 0. The SMILES string of the molecule is CCOc1ccc(C(C#N)c2ccccc2)nc1Cl. The van der Waals surface area contributed by atoms with Crippen LogP contribution in [0.2, 0.25) is 5.15 Å². The Morgan fingerprint density at radius 2 is 2.00 bits per heavy atom. The van der Waals surface area contributed by atoms with Gasteiger partial charge in [-0.05, 0) is 24.6 Å². The summed E-state index contributed by atoms with van der Waals surface area (Å²) >= 11 is 6.05. The summed E-state index contributed by atoms with van der Waals surface area (Å²) < 4.78 is 5.33. The fourth-order valence-electron chi connectivity index (χ4n) is 1.82. The Hall–Kier alpha value is -2.05. The normalized spacial score (nSPS) is 11.6. The minimum Gasteiger partial charge on any atom is -0.491 e. The number of halogens is 1. The van der Waals surface area contributed by atoms with Crippen molar-refractivity contribution in [2.24, 2.45) is 0 Å². The van der Waals surface area contributed by atoms with Crippen molar-refractivity contribution >= 4 is 11.6 Å². The second-order valence-corrected chi connectivity index (χ2v) is 4.29. The molecule has 2 rings (SSSR count). The fraction of sp³-hybridized carbons (Fsp3) is 0.200. The van der Waals surface area contributed by atoms with Gasteiger partial charge in [0.15, 0.2) is 10.9 Å². The average Bonchev–Trinajstić information content (AvgIpc) is 2.44. The quantitative estimate of drug-likeness (QED) is 0.796. The molecule has 0 saturated carbocycles. The molecule has 1 heterocycles. The Labute approximate surface area is 117 Å². The maximum absolute atomic E-state index is 9.33. The summed E-state index contributed by atoms with van der Waals surface area (Å²) in [5.74, 6) is 0.118. The first-order valence-corrected chi connectivity index (χ1v) is 6.38. The molecule has 0 aliphatic rings. The molecule has 1 atom stereocenters. The molecule has 0 N–H and O–H groups in total. The molecule has 0 radical (unpaired) electrons. The van der Waals surface area contributed by atoms with E-state index < -0.39 is 5.92 Å². The second-order valence-electron chi connectivity index (χ2n) is 3.93. The topological polar surface area (TPSA) is 45.9 Å². The van der Waals surface area contributed by atoms with Gasteiger partial charge in [-0.1, -0.05) is 41.9 Å². The van der Waals surface area contributed by atoms with Crippen molar-refractivity contribution in [2.45, 2.75) is 12.8 Å². The molecule has 0 bridgehead atoms. The van der Waals surface area contributed by atoms with E-state index >= 15 is 0 Å². The van der Waals surface area contributed by atoms with E-state index in [0.717, 1.165) is 5.56 Å². The van der Waals surface area contributed by atoms with Crippen LogP contribution in [-0.2, 0) is 0 Å². The second kappa shape index (κ2) is 6.21. The Kier molecular flexibility index (Phi) is 4.38. The van der Waals surface area contributed by atoms with Crippen molar-refractivity contribution in [2.75, 3.05) is 6.61 Å².